The summed E-state index contributed by atoms with van der Waals surface area (Å²) in [5, 5.41) is 5.42. The van der Waals surface area contributed by atoms with Gasteiger partial charge >= 0.3 is 0 Å². The normalized spacial score (nSPS) is 27.6. The first-order valence-electron chi connectivity index (χ1n) is 13.4. The van der Waals surface area contributed by atoms with E-state index in [0.717, 1.165) is 56.8 Å². The second-order valence-electron chi connectivity index (χ2n) is 11.7. The molecule has 4 aromatic rings. The van der Waals surface area contributed by atoms with Crippen LogP contribution in [0.4, 0.5) is 0 Å². The van der Waals surface area contributed by atoms with Crippen molar-refractivity contribution in [2.45, 2.75) is 65.0 Å². The maximum absolute atomic E-state index is 13.2. The molecule has 4 aliphatic rings. The van der Waals surface area contributed by atoms with Crippen LogP contribution >= 0.6 is 0 Å². The van der Waals surface area contributed by atoms with Gasteiger partial charge in [0, 0.05) is 22.4 Å². The van der Waals surface area contributed by atoms with E-state index in [9.17, 15) is 4.79 Å². The lowest BCUT2D eigenvalue weighted by Crippen LogP contribution is -2.55. The number of rotatable bonds is 6. The number of benzene rings is 2. The maximum atomic E-state index is 13.2. The van der Waals surface area contributed by atoms with Gasteiger partial charge in [-0.3, -0.25) is 4.79 Å². The Morgan fingerprint density at radius 2 is 1.67 bits per heavy atom. The number of nitrogens with one attached hydrogen (secondary N) is 1. The summed E-state index contributed by atoms with van der Waals surface area (Å²) < 4.78 is 17.9. The first-order chi connectivity index (χ1) is 17.5. The van der Waals surface area contributed by atoms with Crippen LogP contribution in [0, 0.1) is 30.1 Å². The molecule has 2 heterocycles. The molecule has 5 nitrogen and oxygen atoms in total. The van der Waals surface area contributed by atoms with Gasteiger partial charge in [-0.25, -0.2) is 0 Å². The monoisotopic (exact) mass is 483 g/mol. The smallest absolute Gasteiger partial charge is 0.287 e. The molecule has 8 rings (SSSR count). The fraction of sp³-hybridized carbons (Fsp3) is 0.452. The van der Waals surface area contributed by atoms with Gasteiger partial charge in [0.15, 0.2) is 5.76 Å². The van der Waals surface area contributed by atoms with Gasteiger partial charge in [-0.1, -0.05) is 18.2 Å². The number of amides is 1. The molecule has 1 N–H and O–H groups in total. The van der Waals surface area contributed by atoms with Gasteiger partial charge in [0.2, 0.25) is 0 Å². The summed E-state index contributed by atoms with van der Waals surface area (Å²) in [6.07, 6.45) is 8.03. The molecule has 1 atom stereocenters. The highest BCUT2D eigenvalue weighted by molar-refractivity contribution is 6.05. The molecular weight excluding hydrogens is 450 g/mol. The predicted molar refractivity (Wildman–Crippen MR) is 139 cm³/mol. The SMILES string of the molecule is Cc1oc(C(=O)N[C@H](C)C23CC4CC(CC(C4)C2)C3)cc1COc1ccc2oc3ccccc3c2c1. The van der Waals surface area contributed by atoms with Crippen LogP contribution in [0.25, 0.3) is 21.9 Å². The maximum Gasteiger partial charge on any atom is 0.287 e. The van der Waals surface area contributed by atoms with Crippen molar-refractivity contribution < 1.29 is 18.4 Å². The van der Waals surface area contributed by atoms with Crippen molar-refractivity contribution >= 4 is 27.8 Å². The Kier molecular flexibility index (Phi) is 4.99. The Morgan fingerprint density at radius 3 is 2.42 bits per heavy atom. The van der Waals surface area contributed by atoms with Crippen molar-refractivity contribution in [2.24, 2.45) is 23.2 Å². The molecule has 4 fully saturated rings. The van der Waals surface area contributed by atoms with Gasteiger partial charge in [-0.05, 0) is 106 Å². The summed E-state index contributed by atoms with van der Waals surface area (Å²) in [6.45, 7) is 4.44. The number of carbonyl (C=O) groups is 1. The largest absolute Gasteiger partial charge is 0.489 e. The molecule has 4 bridgehead atoms. The lowest BCUT2D eigenvalue weighted by atomic mass is 9.48. The predicted octanol–water partition coefficient (Wildman–Crippen LogP) is 7.40. The van der Waals surface area contributed by atoms with Crippen molar-refractivity contribution in [3.8, 4) is 5.75 Å². The molecule has 0 unspecified atom stereocenters. The lowest BCUT2D eigenvalue weighted by molar-refractivity contribution is -0.0688. The second-order valence-corrected chi connectivity index (χ2v) is 11.7. The van der Waals surface area contributed by atoms with Gasteiger partial charge in [0.25, 0.3) is 5.91 Å². The van der Waals surface area contributed by atoms with Crippen LogP contribution in [0.3, 0.4) is 0 Å². The fourth-order valence-corrected chi connectivity index (χ4v) is 7.86. The third-order valence-corrected chi connectivity index (χ3v) is 9.34. The summed E-state index contributed by atoms with van der Waals surface area (Å²) in [5.41, 5.74) is 2.87. The van der Waals surface area contributed by atoms with E-state index in [1.807, 2.05) is 49.4 Å². The Balaban J connectivity index is 1.04. The van der Waals surface area contributed by atoms with Crippen molar-refractivity contribution in [1.29, 1.82) is 0 Å². The number of hydrogen-bond donors (Lipinski definition) is 1. The van der Waals surface area contributed by atoms with Crippen LogP contribution in [-0.4, -0.2) is 11.9 Å². The van der Waals surface area contributed by atoms with Gasteiger partial charge in [0.1, 0.15) is 29.3 Å². The van der Waals surface area contributed by atoms with Crippen molar-refractivity contribution in [3.05, 3.63) is 65.6 Å². The van der Waals surface area contributed by atoms with Gasteiger partial charge < -0.3 is 18.9 Å². The molecule has 0 spiro atoms. The Bertz CT molecular complexity index is 1420. The zero-order valence-corrected chi connectivity index (χ0v) is 21.0. The summed E-state index contributed by atoms with van der Waals surface area (Å²) in [6, 6.07) is 15.9. The van der Waals surface area contributed by atoms with Crippen molar-refractivity contribution in [2.75, 3.05) is 0 Å². The van der Waals surface area contributed by atoms with Crippen molar-refractivity contribution in [1.82, 2.24) is 5.32 Å². The summed E-state index contributed by atoms with van der Waals surface area (Å²) in [5.74, 6) is 4.34. The number of carbonyl (C=O) groups excluding carboxylic acids is 1. The first-order valence-corrected chi connectivity index (χ1v) is 13.4. The third kappa shape index (κ3) is 3.63. The van der Waals surface area contributed by atoms with Crippen LogP contribution in [-0.2, 0) is 6.61 Å². The topological polar surface area (TPSA) is 64.6 Å². The zero-order valence-electron chi connectivity index (χ0n) is 21.0. The standard InChI is InChI=1S/C31H33NO4/c1-18-23(17-34-24-7-8-28-26(13-24)25-5-3-4-6-27(25)36-28)12-29(35-18)30(33)32-19(2)31-14-20-9-21(15-31)11-22(10-20)16-31/h3-8,12-13,19-22H,9-11,14-17H2,1-2H3,(H,32,33)/t19-,20?,21?,22?,31?/m1/s1. The van der Waals surface area contributed by atoms with E-state index in [1.54, 1.807) is 0 Å². The van der Waals surface area contributed by atoms with E-state index in [0.29, 0.717) is 12.4 Å². The number of aryl methyl sites for hydroxylation is 1. The van der Waals surface area contributed by atoms with Gasteiger partial charge in [-0.2, -0.15) is 0 Å². The molecule has 4 saturated carbocycles. The molecule has 2 aromatic carbocycles. The fourth-order valence-electron chi connectivity index (χ4n) is 7.86. The minimum Gasteiger partial charge on any atom is -0.489 e. The number of ether oxygens (including phenoxy) is 1. The first kappa shape index (κ1) is 22.0. The van der Waals surface area contributed by atoms with Crippen LogP contribution in [0.15, 0.2) is 57.4 Å². The molecule has 4 aliphatic carbocycles. The van der Waals surface area contributed by atoms with E-state index >= 15 is 0 Å². The van der Waals surface area contributed by atoms with Crippen LogP contribution in [0.1, 0.15) is 67.3 Å². The number of furan rings is 2. The van der Waals surface area contributed by atoms with E-state index in [4.69, 9.17) is 13.6 Å². The molecule has 36 heavy (non-hydrogen) atoms. The van der Waals surface area contributed by atoms with E-state index < -0.39 is 0 Å². The molecule has 5 heteroatoms. The van der Waals surface area contributed by atoms with E-state index in [1.165, 1.54) is 38.5 Å². The zero-order chi connectivity index (χ0) is 24.4. The Hall–Kier alpha value is -3.21. The molecule has 0 radical (unpaired) electrons. The number of fused-ring (bicyclic) bond motifs is 3. The minimum atomic E-state index is -0.112. The van der Waals surface area contributed by atoms with E-state index in [-0.39, 0.29) is 17.4 Å². The molecular formula is C31H33NO4. The summed E-state index contributed by atoms with van der Waals surface area (Å²) >= 11 is 0. The molecule has 0 saturated heterocycles. The molecule has 0 aliphatic heterocycles. The minimum absolute atomic E-state index is 0.112. The summed E-state index contributed by atoms with van der Waals surface area (Å²) in [4.78, 5) is 13.2. The summed E-state index contributed by atoms with van der Waals surface area (Å²) in [7, 11) is 0. The molecule has 2 aromatic heterocycles. The highest BCUT2D eigenvalue weighted by Gasteiger charge is 2.53. The average molecular weight is 484 g/mol. The highest BCUT2D eigenvalue weighted by atomic mass is 16.5. The van der Waals surface area contributed by atoms with Crippen LogP contribution in [0.5, 0.6) is 5.75 Å². The van der Waals surface area contributed by atoms with Crippen LogP contribution < -0.4 is 10.1 Å². The molecule has 1 amide bonds. The third-order valence-electron chi connectivity index (χ3n) is 9.34. The quantitative estimate of drug-likeness (QED) is 0.310. The Labute approximate surface area is 211 Å². The Morgan fingerprint density at radius 1 is 0.972 bits per heavy atom. The van der Waals surface area contributed by atoms with Crippen molar-refractivity contribution in [3.63, 3.8) is 0 Å². The number of para-hydroxylation sites is 1. The lowest BCUT2D eigenvalue weighted by Gasteiger charge is -2.59. The van der Waals surface area contributed by atoms with Gasteiger partial charge in [0.05, 0.1) is 0 Å². The number of hydrogen-bond acceptors (Lipinski definition) is 4. The van der Waals surface area contributed by atoms with Gasteiger partial charge in [-0.15, -0.1) is 0 Å². The second kappa shape index (κ2) is 8.16. The van der Waals surface area contributed by atoms with Crippen LogP contribution in [0.2, 0.25) is 0 Å². The van der Waals surface area contributed by atoms with E-state index in [2.05, 4.69) is 18.3 Å². The highest BCUT2D eigenvalue weighted by Crippen LogP contribution is 2.61. The average Bonchev–Trinajstić information content (AvgIpc) is 3.41. The molecule has 186 valence electrons.